The van der Waals surface area contributed by atoms with Gasteiger partial charge in [-0.25, -0.2) is 13.4 Å². The molecule has 162 valence electrons. The molecule has 2 aromatic carbocycles. The highest BCUT2D eigenvalue weighted by molar-refractivity contribution is 7.92. The Balaban J connectivity index is 1.40. The van der Waals surface area contributed by atoms with Crippen molar-refractivity contribution in [2.24, 2.45) is 0 Å². The van der Waals surface area contributed by atoms with Crippen LogP contribution in [0, 0.1) is 0 Å². The van der Waals surface area contributed by atoms with Crippen molar-refractivity contribution in [3.05, 3.63) is 75.8 Å². The van der Waals surface area contributed by atoms with Crippen molar-refractivity contribution in [3.8, 4) is 0 Å². The second-order valence-corrected chi connectivity index (χ2v) is 9.73. The number of nitrogens with zero attached hydrogens (tertiary/aromatic N) is 2. The summed E-state index contributed by atoms with van der Waals surface area (Å²) in [7, 11) is -3.93. The Morgan fingerprint density at radius 2 is 1.87 bits per heavy atom. The van der Waals surface area contributed by atoms with Crippen molar-refractivity contribution >= 4 is 44.8 Å². The molecule has 0 radical (unpaired) electrons. The molecule has 0 aliphatic carbocycles. The van der Waals surface area contributed by atoms with E-state index in [1.807, 2.05) is 6.20 Å². The maximum atomic E-state index is 12.6. The van der Waals surface area contributed by atoms with Crippen LogP contribution in [0.2, 0.25) is 10.0 Å². The lowest BCUT2D eigenvalue weighted by Crippen LogP contribution is -2.23. The Bertz CT molecular complexity index is 1200. The van der Waals surface area contributed by atoms with Gasteiger partial charge < -0.3 is 9.88 Å². The van der Waals surface area contributed by atoms with Crippen molar-refractivity contribution in [2.45, 2.75) is 37.2 Å². The normalized spacial score (nSPS) is 13.5. The van der Waals surface area contributed by atoms with E-state index in [9.17, 15) is 13.2 Å². The third-order valence-corrected chi connectivity index (χ3v) is 7.07. The summed E-state index contributed by atoms with van der Waals surface area (Å²) in [5.41, 5.74) is 1.54. The topological polar surface area (TPSA) is 93.1 Å². The number of hydrogen-bond acceptors (Lipinski definition) is 4. The number of benzene rings is 2. The molecule has 1 aliphatic rings. The maximum Gasteiger partial charge on any atom is 0.263 e. The molecule has 10 heteroatoms. The van der Waals surface area contributed by atoms with Crippen LogP contribution in [0.25, 0.3) is 0 Å². The number of hydrogen-bond donors (Lipinski definition) is 2. The number of amides is 1. The first-order valence-electron chi connectivity index (χ1n) is 9.73. The zero-order chi connectivity index (χ0) is 22.0. The van der Waals surface area contributed by atoms with E-state index >= 15 is 0 Å². The minimum Gasteiger partial charge on any atom is -0.346 e. The summed E-state index contributed by atoms with van der Waals surface area (Å²) in [6.07, 6.45) is 5.23. The third kappa shape index (κ3) is 5.03. The molecule has 1 aliphatic heterocycles. The Morgan fingerprint density at radius 3 is 2.61 bits per heavy atom. The fourth-order valence-corrected chi connectivity index (χ4v) is 5.23. The van der Waals surface area contributed by atoms with Gasteiger partial charge in [-0.2, -0.15) is 0 Å². The van der Waals surface area contributed by atoms with Crippen LogP contribution in [-0.4, -0.2) is 23.9 Å². The fourth-order valence-electron chi connectivity index (χ4n) is 3.41. The molecule has 4 rings (SSSR count). The summed E-state index contributed by atoms with van der Waals surface area (Å²) in [6, 6.07) is 10.3. The summed E-state index contributed by atoms with van der Waals surface area (Å²) in [4.78, 5) is 16.9. The largest absolute Gasteiger partial charge is 0.346 e. The number of imidazole rings is 1. The van der Waals surface area contributed by atoms with Gasteiger partial charge in [0.15, 0.2) is 0 Å². The quantitative estimate of drug-likeness (QED) is 0.553. The van der Waals surface area contributed by atoms with E-state index in [-0.39, 0.29) is 20.8 Å². The van der Waals surface area contributed by atoms with Crippen molar-refractivity contribution < 1.29 is 13.2 Å². The number of anilines is 1. The Hall–Kier alpha value is -2.55. The van der Waals surface area contributed by atoms with Gasteiger partial charge in [0.25, 0.3) is 15.9 Å². The number of halogens is 2. The van der Waals surface area contributed by atoms with Crippen molar-refractivity contribution in [2.75, 3.05) is 4.72 Å². The lowest BCUT2D eigenvalue weighted by molar-refractivity contribution is 0.0950. The molecule has 31 heavy (non-hydrogen) atoms. The minimum atomic E-state index is -3.93. The SMILES string of the molecule is O=C(NCc1cn2c(n1)CCCC2)c1ccc(NS(=O)(=O)c2cc(Cl)ccc2Cl)cc1. The summed E-state index contributed by atoms with van der Waals surface area (Å²) in [6.45, 7) is 1.30. The predicted molar refractivity (Wildman–Crippen MR) is 120 cm³/mol. The Morgan fingerprint density at radius 1 is 1.10 bits per heavy atom. The van der Waals surface area contributed by atoms with E-state index < -0.39 is 10.0 Å². The minimum absolute atomic E-state index is 0.0638. The standard InChI is InChI=1S/C21H20Cl2N4O3S/c22-15-6-9-18(23)19(11-15)31(29,30)26-16-7-4-14(5-8-16)21(28)24-12-17-13-27-10-2-1-3-20(27)25-17/h4-9,11,13,26H,1-3,10,12H2,(H,24,28). The summed E-state index contributed by atoms with van der Waals surface area (Å²) in [5, 5.41) is 3.17. The first-order valence-corrected chi connectivity index (χ1v) is 12.0. The van der Waals surface area contributed by atoms with E-state index in [0.717, 1.165) is 37.3 Å². The van der Waals surface area contributed by atoms with Crippen LogP contribution in [0.5, 0.6) is 0 Å². The van der Waals surface area contributed by atoms with Crippen LogP contribution in [0.15, 0.2) is 53.6 Å². The lowest BCUT2D eigenvalue weighted by Gasteiger charge is -2.11. The van der Waals surface area contributed by atoms with Gasteiger partial charge in [0.2, 0.25) is 0 Å². The molecular weight excluding hydrogens is 459 g/mol. The summed E-state index contributed by atoms with van der Waals surface area (Å²) in [5.74, 6) is 0.796. The van der Waals surface area contributed by atoms with Crippen LogP contribution in [0.4, 0.5) is 5.69 Å². The molecule has 7 nitrogen and oxygen atoms in total. The zero-order valence-electron chi connectivity index (χ0n) is 16.4. The molecule has 3 aromatic rings. The molecule has 0 saturated carbocycles. The molecule has 0 atom stereocenters. The smallest absolute Gasteiger partial charge is 0.263 e. The van der Waals surface area contributed by atoms with Gasteiger partial charge in [-0.3, -0.25) is 9.52 Å². The number of sulfonamides is 1. The number of rotatable bonds is 6. The Kier molecular flexibility index (Phi) is 6.22. The number of fused-ring (bicyclic) bond motifs is 1. The van der Waals surface area contributed by atoms with Crippen LogP contribution >= 0.6 is 23.2 Å². The average Bonchev–Trinajstić information content (AvgIpc) is 3.17. The van der Waals surface area contributed by atoms with Crippen LogP contribution in [-0.2, 0) is 29.5 Å². The predicted octanol–water partition coefficient (Wildman–Crippen LogP) is 4.26. The molecule has 2 heterocycles. The van der Waals surface area contributed by atoms with E-state index in [2.05, 4.69) is 19.6 Å². The van der Waals surface area contributed by atoms with Crippen molar-refractivity contribution in [3.63, 3.8) is 0 Å². The van der Waals surface area contributed by atoms with E-state index in [4.69, 9.17) is 23.2 Å². The summed E-state index contributed by atoms with van der Waals surface area (Å²) >= 11 is 11.9. The highest BCUT2D eigenvalue weighted by Crippen LogP contribution is 2.27. The van der Waals surface area contributed by atoms with Gasteiger partial charge in [-0.1, -0.05) is 23.2 Å². The van der Waals surface area contributed by atoms with Crippen molar-refractivity contribution in [1.29, 1.82) is 0 Å². The molecule has 2 N–H and O–H groups in total. The number of carbonyl (C=O) groups is 1. The molecule has 0 spiro atoms. The third-order valence-electron chi connectivity index (χ3n) is 4.97. The summed E-state index contributed by atoms with van der Waals surface area (Å²) < 4.78 is 29.8. The lowest BCUT2D eigenvalue weighted by atomic mass is 10.2. The van der Waals surface area contributed by atoms with Crippen LogP contribution < -0.4 is 10.0 Å². The van der Waals surface area contributed by atoms with Gasteiger partial charge in [0, 0.05) is 35.4 Å². The maximum absolute atomic E-state index is 12.6. The number of carbonyl (C=O) groups excluding carboxylic acids is 1. The van der Waals surface area contributed by atoms with Gasteiger partial charge in [0.1, 0.15) is 10.7 Å². The van der Waals surface area contributed by atoms with Gasteiger partial charge in [-0.05, 0) is 55.3 Å². The van der Waals surface area contributed by atoms with Gasteiger partial charge in [-0.15, -0.1) is 0 Å². The van der Waals surface area contributed by atoms with Crippen LogP contribution in [0.3, 0.4) is 0 Å². The van der Waals surface area contributed by atoms with E-state index in [1.165, 1.54) is 30.3 Å². The van der Waals surface area contributed by atoms with Crippen LogP contribution in [0.1, 0.15) is 34.7 Å². The second kappa shape index (κ2) is 8.90. The zero-order valence-corrected chi connectivity index (χ0v) is 18.8. The van der Waals surface area contributed by atoms with Crippen molar-refractivity contribution in [1.82, 2.24) is 14.9 Å². The highest BCUT2D eigenvalue weighted by Gasteiger charge is 2.19. The molecule has 0 fully saturated rings. The van der Waals surface area contributed by atoms with E-state index in [0.29, 0.717) is 17.8 Å². The first-order chi connectivity index (χ1) is 14.8. The fraction of sp³-hybridized carbons (Fsp3) is 0.238. The molecule has 1 amide bonds. The average molecular weight is 479 g/mol. The number of aromatic nitrogens is 2. The number of nitrogens with one attached hydrogen (secondary N) is 2. The molecule has 0 unspecified atom stereocenters. The highest BCUT2D eigenvalue weighted by atomic mass is 35.5. The monoisotopic (exact) mass is 478 g/mol. The van der Waals surface area contributed by atoms with E-state index in [1.54, 1.807) is 12.1 Å². The molecule has 0 bridgehead atoms. The number of aryl methyl sites for hydroxylation is 2. The molecule has 1 aromatic heterocycles. The van der Waals surface area contributed by atoms with Gasteiger partial charge >= 0.3 is 0 Å². The van der Waals surface area contributed by atoms with Gasteiger partial charge in [0.05, 0.1) is 17.3 Å². The molecule has 0 saturated heterocycles. The second-order valence-electron chi connectivity index (χ2n) is 7.24. The molecular formula is C21H20Cl2N4O3S. The Labute approximate surface area is 190 Å². The first kappa shape index (κ1) is 21.7.